The van der Waals surface area contributed by atoms with Crippen LogP contribution in [-0.4, -0.2) is 16.8 Å². The Kier molecular flexibility index (Phi) is 2.80. The first-order valence-electron chi connectivity index (χ1n) is 5.64. The summed E-state index contributed by atoms with van der Waals surface area (Å²) in [6.07, 6.45) is 0. The summed E-state index contributed by atoms with van der Waals surface area (Å²) in [6, 6.07) is 8.99. The third-order valence-corrected chi connectivity index (χ3v) is 3.17. The van der Waals surface area contributed by atoms with Crippen LogP contribution in [0.15, 0.2) is 40.6 Å². The maximum absolute atomic E-state index is 11.8. The Hall–Kier alpha value is -2.60. The molecule has 0 saturated carbocycles. The van der Waals surface area contributed by atoms with Crippen LogP contribution in [0.2, 0.25) is 5.15 Å². The van der Waals surface area contributed by atoms with Gasteiger partial charge in [-0.05, 0) is 0 Å². The van der Waals surface area contributed by atoms with E-state index in [1.165, 1.54) is 0 Å². The number of carbonyl (C=O) groups excluding carboxylic acids is 2. The van der Waals surface area contributed by atoms with Crippen molar-refractivity contribution < 1.29 is 9.59 Å². The van der Waals surface area contributed by atoms with Crippen LogP contribution in [0.3, 0.4) is 0 Å². The number of hydrogen-bond donors (Lipinski definition) is 1. The van der Waals surface area contributed by atoms with Gasteiger partial charge in [0.1, 0.15) is 5.15 Å². The van der Waals surface area contributed by atoms with E-state index in [2.05, 4.69) is 15.2 Å². The molecule has 98 valence electrons. The van der Waals surface area contributed by atoms with Crippen LogP contribution in [0, 0.1) is 0 Å². The maximum Gasteiger partial charge on any atom is 0.299 e. The summed E-state index contributed by atoms with van der Waals surface area (Å²) in [6.45, 7) is 0. The predicted octanol–water partition coefficient (Wildman–Crippen LogP) is 2.73. The zero-order valence-electron chi connectivity index (χ0n) is 10.0. The number of hydrogen-bond acceptors (Lipinski definition) is 4. The highest BCUT2D eigenvalue weighted by molar-refractivity contribution is 6.35. The first-order valence-corrected chi connectivity index (χ1v) is 6.02. The molecule has 0 atom stereocenters. The molecule has 1 aromatic carbocycles. The third kappa shape index (κ3) is 1.78. The minimum Gasteiger partial charge on any atom is -0.396 e. The molecule has 20 heavy (non-hydrogen) atoms. The minimum absolute atomic E-state index is 0.0381. The molecule has 0 saturated heterocycles. The van der Waals surface area contributed by atoms with Crippen LogP contribution in [0.5, 0.6) is 0 Å². The second-order valence-corrected chi connectivity index (χ2v) is 4.45. The Balaban J connectivity index is 2.33. The Morgan fingerprint density at radius 1 is 0.950 bits per heavy atom. The molecule has 1 aliphatic rings. The van der Waals surface area contributed by atoms with E-state index in [-0.39, 0.29) is 22.0 Å². The molecule has 1 aliphatic heterocycles. The monoisotopic (exact) mass is 286 g/mol. The Morgan fingerprint density at radius 2 is 1.55 bits per heavy atom. The van der Waals surface area contributed by atoms with E-state index in [1.54, 1.807) is 24.3 Å². The molecule has 0 fully saturated rings. The summed E-state index contributed by atoms with van der Waals surface area (Å²) in [5.41, 5.74) is 6.94. The van der Waals surface area contributed by atoms with Crippen LogP contribution >= 0.6 is 11.6 Å². The van der Waals surface area contributed by atoms with Crippen molar-refractivity contribution in [3.05, 3.63) is 46.6 Å². The number of pyridine rings is 1. The summed E-state index contributed by atoms with van der Waals surface area (Å²) in [7, 11) is 0. The van der Waals surface area contributed by atoms with Gasteiger partial charge in [0.25, 0.3) is 11.8 Å². The standard InChI is InChI=1S/C13H7ClN4O2/c14-11-8-7(12(19)17-18-13(8)20)9(15)10(16-11)6-4-2-1-3-5-6/h1-5H,15H2. The molecule has 0 aliphatic carbocycles. The molecule has 0 radical (unpaired) electrons. The maximum atomic E-state index is 11.8. The minimum atomic E-state index is -0.719. The number of rotatable bonds is 1. The second kappa shape index (κ2) is 4.50. The van der Waals surface area contributed by atoms with Crippen molar-refractivity contribution in [2.24, 2.45) is 10.2 Å². The number of halogens is 1. The van der Waals surface area contributed by atoms with Gasteiger partial charge in [0.15, 0.2) is 0 Å². The zero-order chi connectivity index (χ0) is 14.3. The molecule has 2 amide bonds. The number of benzene rings is 1. The molecule has 1 aromatic heterocycles. The van der Waals surface area contributed by atoms with Gasteiger partial charge in [0, 0.05) is 5.56 Å². The molecule has 3 rings (SSSR count). The highest BCUT2D eigenvalue weighted by Crippen LogP contribution is 2.35. The van der Waals surface area contributed by atoms with Crippen molar-refractivity contribution in [1.29, 1.82) is 0 Å². The van der Waals surface area contributed by atoms with Gasteiger partial charge in [-0.3, -0.25) is 9.59 Å². The van der Waals surface area contributed by atoms with Crippen molar-refractivity contribution in [2.45, 2.75) is 0 Å². The molecule has 2 heterocycles. The van der Waals surface area contributed by atoms with Gasteiger partial charge < -0.3 is 5.73 Å². The number of aromatic nitrogens is 1. The van der Waals surface area contributed by atoms with E-state index in [9.17, 15) is 9.59 Å². The lowest BCUT2D eigenvalue weighted by Crippen LogP contribution is -2.16. The van der Waals surface area contributed by atoms with Crippen LogP contribution < -0.4 is 5.73 Å². The normalized spacial score (nSPS) is 13.4. The molecule has 6 nitrogen and oxygen atoms in total. The molecule has 0 spiro atoms. The lowest BCUT2D eigenvalue weighted by molar-refractivity contribution is 0.0921. The first kappa shape index (κ1) is 12.4. The summed E-state index contributed by atoms with van der Waals surface area (Å²) >= 11 is 5.99. The van der Waals surface area contributed by atoms with Gasteiger partial charge in [0.2, 0.25) is 0 Å². The van der Waals surface area contributed by atoms with Crippen LogP contribution in [-0.2, 0) is 0 Å². The van der Waals surface area contributed by atoms with E-state index < -0.39 is 11.8 Å². The molecule has 2 N–H and O–H groups in total. The fourth-order valence-corrected chi connectivity index (χ4v) is 2.25. The van der Waals surface area contributed by atoms with Gasteiger partial charge in [-0.15, -0.1) is 10.2 Å². The van der Waals surface area contributed by atoms with Crippen LogP contribution in [0.4, 0.5) is 5.69 Å². The number of fused-ring (bicyclic) bond motifs is 1. The van der Waals surface area contributed by atoms with Crippen molar-refractivity contribution in [1.82, 2.24) is 4.98 Å². The molecular formula is C13H7ClN4O2. The number of amides is 2. The van der Waals surface area contributed by atoms with Crippen molar-refractivity contribution in [3.8, 4) is 11.3 Å². The average molecular weight is 287 g/mol. The molecule has 0 bridgehead atoms. The van der Waals surface area contributed by atoms with Crippen LogP contribution in [0.1, 0.15) is 20.7 Å². The number of carbonyl (C=O) groups is 2. The first-order chi connectivity index (χ1) is 9.59. The number of azo groups is 1. The van der Waals surface area contributed by atoms with Gasteiger partial charge in [-0.2, -0.15) is 0 Å². The highest BCUT2D eigenvalue weighted by atomic mass is 35.5. The fraction of sp³-hybridized carbons (Fsp3) is 0. The van der Waals surface area contributed by atoms with Crippen molar-refractivity contribution in [2.75, 3.05) is 5.73 Å². The molecule has 0 unspecified atom stereocenters. The highest BCUT2D eigenvalue weighted by Gasteiger charge is 2.30. The largest absolute Gasteiger partial charge is 0.396 e. The summed E-state index contributed by atoms with van der Waals surface area (Å²) in [5.74, 6) is -1.41. The fourth-order valence-electron chi connectivity index (χ4n) is 1.99. The van der Waals surface area contributed by atoms with E-state index in [0.717, 1.165) is 0 Å². The number of nitrogen functional groups attached to an aromatic ring is 1. The second-order valence-electron chi connectivity index (χ2n) is 4.09. The Morgan fingerprint density at radius 3 is 2.20 bits per heavy atom. The lowest BCUT2D eigenvalue weighted by atomic mass is 10.0. The summed E-state index contributed by atoms with van der Waals surface area (Å²) < 4.78 is 0. The van der Waals surface area contributed by atoms with E-state index in [1.807, 2.05) is 6.07 Å². The molecule has 7 heteroatoms. The smallest absolute Gasteiger partial charge is 0.299 e. The Bertz CT molecular complexity index is 772. The Labute approximate surface area is 118 Å². The van der Waals surface area contributed by atoms with Gasteiger partial charge >= 0.3 is 0 Å². The molecular weight excluding hydrogens is 280 g/mol. The summed E-state index contributed by atoms with van der Waals surface area (Å²) in [5, 5.41) is 6.37. The number of nitrogens with zero attached hydrogens (tertiary/aromatic N) is 3. The molecule has 2 aromatic rings. The van der Waals surface area contributed by atoms with E-state index in [4.69, 9.17) is 17.3 Å². The predicted molar refractivity (Wildman–Crippen MR) is 72.6 cm³/mol. The van der Waals surface area contributed by atoms with Crippen molar-refractivity contribution >= 4 is 29.1 Å². The topological polar surface area (TPSA) is 97.8 Å². The number of nitrogens with two attached hydrogens (primary N) is 1. The van der Waals surface area contributed by atoms with Crippen molar-refractivity contribution in [3.63, 3.8) is 0 Å². The van der Waals surface area contributed by atoms with Gasteiger partial charge in [-0.1, -0.05) is 41.9 Å². The third-order valence-electron chi connectivity index (χ3n) is 2.90. The summed E-state index contributed by atoms with van der Waals surface area (Å²) in [4.78, 5) is 27.6. The zero-order valence-corrected chi connectivity index (χ0v) is 10.8. The average Bonchev–Trinajstić information content (AvgIpc) is 2.46. The van der Waals surface area contributed by atoms with Gasteiger partial charge in [-0.25, -0.2) is 4.98 Å². The van der Waals surface area contributed by atoms with Crippen LogP contribution in [0.25, 0.3) is 11.3 Å². The number of anilines is 1. The van der Waals surface area contributed by atoms with Gasteiger partial charge in [0.05, 0.1) is 22.5 Å². The van der Waals surface area contributed by atoms with E-state index >= 15 is 0 Å². The SMILES string of the molecule is Nc1c(-c2ccccc2)nc(Cl)c2c1C(=O)N=NC2=O. The quantitative estimate of drug-likeness (QED) is 0.815. The lowest BCUT2D eigenvalue weighted by Gasteiger charge is -2.14. The van der Waals surface area contributed by atoms with E-state index in [0.29, 0.717) is 11.3 Å².